The lowest BCUT2D eigenvalue weighted by Gasteiger charge is -2.50. The van der Waals surface area contributed by atoms with Crippen LogP contribution in [-0.2, 0) is 30.0 Å². The van der Waals surface area contributed by atoms with Crippen LogP contribution in [0.5, 0.6) is 0 Å². The molecule has 1 aliphatic carbocycles. The summed E-state index contributed by atoms with van der Waals surface area (Å²) in [4.78, 5) is 26.1. The molecule has 0 bridgehead atoms. The molecule has 0 saturated heterocycles. The number of aldehydes is 1. The smallest absolute Gasteiger partial charge is 0.435 e. The number of hydrogen-bond acceptors (Lipinski definition) is 6. The highest BCUT2D eigenvalue weighted by Crippen LogP contribution is 2.48. The predicted octanol–water partition coefficient (Wildman–Crippen LogP) is 6.97. The van der Waals surface area contributed by atoms with Crippen molar-refractivity contribution in [3.05, 3.63) is 108 Å². The van der Waals surface area contributed by atoms with Crippen molar-refractivity contribution >= 4 is 31.1 Å². The van der Waals surface area contributed by atoms with Crippen LogP contribution in [0.3, 0.4) is 0 Å². The zero-order valence-corrected chi connectivity index (χ0v) is 28.5. The zero-order chi connectivity index (χ0) is 32.5. The van der Waals surface area contributed by atoms with E-state index in [-0.39, 0.29) is 42.6 Å². The molecule has 3 aromatic rings. The van der Waals surface area contributed by atoms with Gasteiger partial charge in [0.15, 0.2) is 0 Å². The second kappa shape index (κ2) is 15.2. The van der Waals surface area contributed by atoms with Crippen LogP contribution in [0.1, 0.15) is 47.1 Å². The molecular formula is C38H48O6Si. The normalized spacial score (nSPS) is 21.9. The highest BCUT2D eigenvalue weighted by molar-refractivity contribution is 6.99. The lowest BCUT2D eigenvalue weighted by atomic mass is 9.59. The van der Waals surface area contributed by atoms with E-state index in [0.29, 0.717) is 13.2 Å². The molecule has 0 N–H and O–H groups in total. The van der Waals surface area contributed by atoms with Crippen LogP contribution < -0.4 is 10.4 Å². The molecule has 0 unspecified atom stereocenters. The molecule has 3 aromatic carbocycles. The average Bonchev–Trinajstić information content (AvgIpc) is 3.04. The Hall–Kier alpha value is -3.52. The Bertz CT molecular complexity index is 1360. The molecule has 0 spiro atoms. The average molecular weight is 629 g/mol. The summed E-state index contributed by atoms with van der Waals surface area (Å²) in [6, 6.07) is 30.8. The molecule has 0 aliphatic heterocycles. The molecule has 4 rings (SSSR count). The molecule has 0 radical (unpaired) electrons. The molecule has 4 atom stereocenters. The van der Waals surface area contributed by atoms with Crippen molar-refractivity contribution in [3.8, 4) is 0 Å². The van der Waals surface area contributed by atoms with Gasteiger partial charge in [-0.2, -0.15) is 0 Å². The summed E-state index contributed by atoms with van der Waals surface area (Å²) >= 11 is 0. The quantitative estimate of drug-likeness (QED) is 0.0882. The molecule has 7 heteroatoms. The molecule has 6 nitrogen and oxygen atoms in total. The van der Waals surface area contributed by atoms with Crippen molar-refractivity contribution in [1.29, 1.82) is 0 Å². The van der Waals surface area contributed by atoms with Crippen molar-refractivity contribution in [2.75, 3.05) is 26.4 Å². The fourth-order valence-corrected chi connectivity index (χ4v) is 11.4. The number of benzene rings is 3. The van der Waals surface area contributed by atoms with Crippen molar-refractivity contribution < 1.29 is 28.2 Å². The van der Waals surface area contributed by atoms with Gasteiger partial charge in [-0.05, 0) is 40.7 Å². The minimum atomic E-state index is -2.99. The third-order valence-corrected chi connectivity index (χ3v) is 14.4. The summed E-state index contributed by atoms with van der Waals surface area (Å²) in [7, 11) is -2.99. The summed E-state index contributed by atoms with van der Waals surface area (Å²) < 4.78 is 24.5. The predicted molar refractivity (Wildman–Crippen MR) is 181 cm³/mol. The summed E-state index contributed by atoms with van der Waals surface area (Å²) in [6.45, 7) is 13.7. The molecule has 0 aromatic heterocycles. The summed E-state index contributed by atoms with van der Waals surface area (Å²) in [5.74, 6) is -0.699. The fraction of sp³-hybridized carbons (Fsp3) is 0.421. The number of rotatable bonds is 13. The first-order valence-electron chi connectivity index (χ1n) is 15.9. The minimum absolute atomic E-state index is 0.0310. The number of carbonyl (C=O) groups is 2. The van der Waals surface area contributed by atoms with Gasteiger partial charge in [0.1, 0.15) is 6.29 Å². The van der Waals surface area contributed by atoms with Crippen molar-refractivity contribution in [2.45, 2.75) is 53.2 Å². The maximum Gasteiger partial charge on any atom is 0.508 e. The van der Waals surface area contributed by atoms with E-state index in [1.165, 1.54) is 0 Å². The van der Waals surface area contributed by atoms with Gasteiger partial charge in [0, 0.05) is 18.4 Å². The van der Waals surface area contributed by atoms with Gasteiger partial charge < -0.3 is 23.4 Å². The fourth-order valence-electron chi connectivity index (χ4n) is 6.80. The molecule has 0 fully saturated rings. The van der Waals surface area contributed by atoms with Gasteiger partial charge >= 0.3 is 6.16 Å². The van der Waals surface area contributed by atoms with E-state index >= 15 is 0 Å². The number of ether oxygens (including phenoxy) is 3. The van der Waals surface area contributed by atoms with Gasteiger partial charge in [-0.15, -0.1) is 0 Å². The summed E-state index contributed by atoms with van der Waals surface area (Å²) in [5, 5.41) is 2.00. The Balaban J connectivity index is 1.79. The maximum absolute atomic E-state index is 13.7. The van der Waals surface area contributed by atoms with Crippen LogP contribution in [0.25, 0.3) is 0 Å². The molecule has 1 aliphatic rings. The van der Waals surface area contributed by atoms with Crippen LogP contribution >= 0.6 is 0 Å². The second-order valence-electron chi connectivity index (χ2n) is 13.1. The van der Waals surface area contributed by atoms with Crippen LogP contribution in [0.4, 0.5) is 4.79 Å². The van der Waals surface area contributed by atoms with Gasteiger partial charge in [0.2, 0.25) is 0 Å². The number of hydrogen-bond donors (Lipinski definition) is 0. The highest BCUT2D eigenvalue weighted by Gasteiger charge is 2.56. The molecule has 45 heavy (non-hydrogen) atoms. The first-order chi connectivity index (χ1) is 21.6. The molecule has 0 saturated carbocycles. The zero-order valence-electron chi connectivity index (χ0n) is 27.5. The second-order valence-corrected chi connectivity index (χ2v) is 17.4. The van der Waals surface area contributed by atoms with E-state index in [1.54, 1.807) is 6.92 Å². The molecular weight excluding hydrogens is 580 g/mol. The first kappa shape index (κ1) is 34.4. The van der Waals surface area contributed by atoms with Gasteiger partial charge in [0.25, 0.3) is 8.32 Å². The Labute approximate surface area is 269 Å². The van der Waals surface area contributed by atoms with Gasteiger partial charge in [-0.1, -0.05) is 130 Å². The molecule has 0 amide bonds. The topological polar surface area (TPSA) is 71.1 Å². The molecule has 240 valence electrons. The third kappa shape index (κ3) is 7.48. The minimum Gasteiger partial charge on any atom is -0.435 e. The Kier molecular flexibility index (Phi) is 11.6. The largest absolute Gasteiger partial charge is 0.508 e. The van der Waals surface area contributed by atoms with Gasteiger partial charge in [-0.25, -0.2) is 4.79 Å². The Morgan fingerprint density at radius 1 is 0.867 bits per heavy atom. The van der Waals surface area contributed by atoms with E-state index in [0.717, 1.165) is 27.8 Å². The van der Waals surface area contributed by atoms with E-state index in [1.807, 2.05) is 42.5 Å². The third-order valence-electron chi connectivity index (χ3n) is 9.39. The van der Waals surface area contributed by atoms with Crippen molar-refractivity contribution in [2.24, 2.45) is 23.2 Å². The van der Waals surface area contributed by atoms with Crippen molar-refractivity contribution in [1.82, 2.24) is 0 Å². The van der Waals surface area contributed by atoms with Crippen molar-refractivity contribution in [3.63, 3.8) is 0 Å². The van der Waals surface area contributed by atoms with E-state index in [9.17, 15) is 9.59 Å². The Morgan fingerprint density at radius 3 is 1.93 bits per heavy atom. The summed E-state index contributed by atoms with van der Waals surface area (Å²) in [6.07, 6.45) is 2.47. The number of carbonyl (C=O) groups excluding carboxylic acids is 2. The van der Waals surface area contributed by atoms with Crippen LogP contribution in [-0.4, -0.2) is 47.2 Å². The summed E-state index contributed by atoms with van der Waals surface area (Å²) in [5.41, 5.74) is 1.16. The first-order valence-corrected chi connectivity index (χ1v) is 17.8. The van der Waals surface area contributed by atoms with Crippen LogP contribution in [0, 0.1) is 23.2 Å². The molecule has 0 heterocycles. The highest BCUT2D eigenvalue weighted by atomic mass is 28.4. The Morgan fingerprint density at radius 2 is 1.42 bits per heavy atom. The maximum atomic E-state index is 13.7. The SMILES string of the molecule is CCOC(=O)OC[C@@H]1[C@H](C)C(C)=C[C@H](COCc2ccccc2)[C@@]1(C=O)CO[Si](c1ccccc1)(c1ccccc1)C(C)(C)C. The monoisotopic (exact) mass is 628 g/mol. The van der Waals surface area contributed by atoms with Crippen LogP contribution in [0.2, 0.25) is 5.04 Å². The van der Waals surface area contributed by atoms with E-state index < -0.39 is 19.9 Å². The van der Waals surface area contributed by atoms with E-state index in [2.05, 4.69) is 89.2 Å². The lowest BCUT2D eigenvalue weighted by Crippen LogP contribution is -2.68. The standard InChI is InChI=1S/C38H48O6Si/c1-7-42-36(40)43-26-35-30(3)29(2)23-32(25-41-24-31-17-11-8-12-18-31)38(35,27-39)28-44-45(37(4,5)6,33-19-13-9-14-20-33)34-21-15-10-16-22-34/h8-23,27,30,32,35H,7,24-26,28H2,1-6H3/t30-,32-,35-,38-/m1/s1. The number of allylic oxidation sites excluding steroid dienone is 1. The lowest BCUT2D eigenvalue weighted by molar-refractivity contribution is -0.133. The van der Waals surface area contributed by atoms with Gasteiger partial charge in [-0.3, -0.25) is 0 Å². The van der Waals surface area contributed by atoms with E-state index in [4.69, 9.17) is 18.6 Å². The van der Waals surface area contributed by atoms with Crippen LogP contribution in [0.15, 0.2) is 103 Å². The van der Waals surface area contributed by atoms with Gasteiger partial charge in [0.05, 0.1) is 31.8 Å².